The summed E-state index contributed by atoms with van der Waals surface area (Å²) in [7, 11) is 0. The Morgan fingerprint density at radius 3 is 1.79 bits per heavy atom. The second-order valence-electron chi connectivity index (χ2n) is 14.2. The molecule has 0 bridgehead atoms. The van der Waals surface area contributed by atoms with Crippen molar-refractivity contribution in [1.82, 2.24) is 0 Å². The summed E-state index contributed by atoms with van der Waals surface area (Å²) < 4.78 is 0. The molecule has 1 aliphatic carbocycles. The number of para-hydroxylation sites is 4. The van der Waals surface area contributed by atoms with Crippen LogP contribution in [-0.4, -0.2) is 0 Å². The van der Waals surface area contributed by atoms with Gasteiger partial charge in [0.05, 0.1) is 11.4 Å². The molecule has 0 unspecified atom stereocenters. The number of nitrogen functional groups attached to an aromatic ring is 2. The maximum absolute atomic E-state index is 5.81. The molecule has 0 heterocycles. The monoisotopic (exact) mass is 707 g/mol. The second-order valence-corrected chi connectivity index (χ2v) is 14.6. The highest BCUT2D eigenvalue weighted by molar-refractivity contribution is 7.80. The third-order valence-corrected chi connectivity index (χ3v) is 10.7. The maximum atomic E-state index is 5.81. The molecule has 262 valence electrons. The van der Waals surface area contributed by atoms with E-state index in [-0.39, 0.29) is 5.41 Å². The number of benzene rings is 8. The van der Waals surface area contributed by atoms with Crippen molar-refractivity contribution in [2.45, 2.75) is 38.0 Å². The van der Waals surface area contributed by atoms with E-state index in [0.717, 1.165) is 27.6 Å². The molecule has 0 fully saturated rings. The van der Waals surface area contributed by atoms with Gasteiger partial charge in [-0.25, -0.2) is 0 Å². The average molecular weight is 708 g/mol. The van der Waals surface area contributed by atoms with Crippen molar-refractivity contribution in [1.29, 1.82) is 0 Å². The highest BCUT2D eigenvalue weighted by Crippen LogP contribution is 2.51. The summed E-state index contributed by atoms with van der Waals surface area (Å²) >= 11 is 4.07. The molecule has 8 aromatic rings. The normalized spacial score (nSPS) is 12.2. The molecule has 3 nitrogen and oxygen atoms in total. The molecule has 5 N–H and O–H groups in total. The molecule has 0 radical (unpaired) electrons. The van der Waals surface area contributed by atoms with Crippen LogP contribution in [0.2, 0.25) is 0 Å². The number of aryl methyl sites for hydroxylation is 2. The summed E-state index contributed by atoms with van der Waals surface area (Å²) in [4.78, 5) is 0.840. The van der Waals surface area contributed by atoms with Crippen LogP contribution in [0.5, 0.6) is 0 Å². The lowest BCUT2D eigenvalue weighted by atomic mass is 9.80. The molecule has 53 heavy (non-hydrogen) atoms. The number of hydrogen-bond donors (Lipinski definition) is 4. The smallest absolute Gasteiger partial charge is 0.0617 e. The van der Waals surface area contributed by atoms with Gasteiger partial charge in [-0.1, -0.05) is 135 Å². The van der Waals surface area contributed by atoms with Gasteiger partial charge >= 0.3 is 0 Å². The van der Waals surface area contributed by atoms with Crippen molar-refractivity contribution in [2.24, 2.45) is 0 Å². The van der Waals surface area contributed by atoms with E-state index < -0.39 is 0 Å². The van der Waals surface area contributed by atoms with Crippen LogP contribution in [0.1, 0.15) is 36.1 Å². The summed E-state index contributed by atoms with van der Waals surface area (Å²) in [5.41, 5.74) is 25.7. The van der Waals surface area contributed by atoms with Crippen LogP contribution in [0.15, 0.2) is 169 Å². The maximum Gasteiger partial charge on any atom is 0.0617 e. The Morgan fingerprint density at radius 1 is 0.509 bits per heavy atom. The lowest BCUT2D eigenvalue weighted by Crippen LogP contribution is -2.14. The molecule has 0 aliphatic heterocycles. The number of nitrogens with two attached hydrogens (primary N) is 2. The SMILES string of the molecule is Cc1ccc(-c2c3ccccc3c(C)c3cc4c(cc23)C(C)(C)c2ccccc2-4)cc1.Nc1ccccc1Nc1ccccc1.Nc1ccccc1S. The predicted molar refractivity (Wildman–Crippen MR) is 233 cm³/mol. The lowest BCUT2D eigenvalue weighted by molar-refractivity contribution is 0.661. The van der Waals surface area contributed by atoms with Crippen LogP contribution in [-0.2, 0) is 5.41 Å². The van der Waals surface area contributed by atoms with Crippen molar-refractivity contribution >= 4 is 56.9 Å². The van der Waals surface area contributed by atoms with Crippen molar-refractivity contribution < 1.29 is 0 Å². The molecule has 0 aromatic heterocycles. The summed E-state index contributed by atoms with van der Waals surface area (Å²) in [6.45, 7) is 9.16. The number of anilines is 4. The Bertz CT molecular complexity index is 2530. The molecular weight excluding hydrogens is 663 g/mol. The minimum absolute atomic E-state index is 0.00418. The second kappa shape index (κ2) is 14.9. The number of fused-ring (bicyclic) bond motifs is 5. The Balaban J connectivity index is 0.000000162. The number of hydrogen-bond acceptors (Lipinski definition) is 4. The average Bonchev–Trinajstić information content (AvgIpc) is 3.40. The molecule has 0 saturated heterocycles. The summed E-state index contributed by atoms with van der Waals surface area (Å²) in [5, 5.41) is 8.65. The van der Waals surface area contributed by atoms with Crippen LogP contribution in [0, 0.1) is 13.8 Å². The molecule has 1 aliphatic rings. The molecular formula is C49H45N3S. The standard InChI is InChI=1S/C31H26.C12H12N2.C6H7NS/c1-19-13-15-21(16-14-19)30-24-11-6-5-9-22(24)20(2)25-17-26-23-10-7-8-12-28(23)31(3,4)29(26)18-27(25)30;13-11-8-4-5-9-12(11)14-10-6-2-1-3-7-10;7-5-3-1-2-4-6(5)8/h5-18H,1-4H3;1-9,14H,13H2;1-4,8H,7H2. The van der Waals surface area contributed by atoms with Gasteiger partial charge in [0.15, 0.2) is 0 Å². The van der Waals surface area contributed by atoms with Crippen LogP contribution in [0.25, 0.3) is 43.8 Å². The van der Waals surface area contributed by atoms with Gasteiger partial charge in [0.25, 0.3) is 0 Å². The third kappa shape index (κ3) is 7.11. The summed E-state index contributed by atoms with van der Waals surface area (Å²) in [6, 6.07) is 56.9. The van der Waals surface area contributed by atoms with E-state index in [0.29, 0.717) is 0 Å². The fourth-order valence-corrected chi connectivity index (χ4v) is 7.55. The van der Waals surface area contributed by atoms with E-state index in [1.807, 2.05) is 78.9 Å². The number of thiol groups is 1. The summed E-state index contributed by atoms with van der Waals surface area (Å²) in [5.74, 6) is 0. The highest BCUT2D eigenvalue weighted by Gasteiger charge is 2.35. The van der Waals surface area contributed by atoms with Crippen molar-refractivity contribution in [2.75, 3.05) is 16.8 Å². The van der Waals surface area contributed by atoms with E-state index in [1.165, 1.54) is 66.1 Å². The van der Waals surface area contributed by atoms with Crippen LogP contribution in [0.4, 0.5) is 22.7 Å². The minimum Gasteiger partial charge on any atom is -0.398 e. The number of nitrogens with one attached hydrogen (secondary N) is 1. The highest BCUT2D eigenvalue weighted by atomic mass is 32.1. The first-order valence-corrected chi connectivity index (χ1v) is 18.4. The van der Waals surface area contributed by atoms with Crippen LogP contribution < -0.4 is 16.8 Å². The largest absolute Gasteiger partial charge is 0.398 e. The van der Waals surface area contributed by atoms with Gasteiger partial charge < -0.3 is 16.8 Å². The predicted octanol–water partition coefficient (Wildman–Crippen LogP) is 13.2. The molecule has 0 saturated carbocycles. The van der Waals surface area contributed by atoms with Gasteiger partial charge in [-0.2, -0.15) is 0 Å². The van der Waals surface area contributed by atoms with E-state index in [4.69, 9.17) is 11.5 Å². The molecule has 0 amide bonds. The van der Waals surface area contributed by atoms with E-state index in [9.17, 15) is 0 Å². The molecule has 0 atom stereocenters. The zero-order valence-corrected chi connectivity index (χ0v) is 31.6. The van der Waals surface area contributed by atoms with Crippen molar-refractivity contribution in [3.63, 3.8) is 0 Å². The zero-order chi connectivity index (χ0) is 37.1. The quantitative estimate of drug-likeness (QED) is 0.0840. The van der Waals surface area contributed by atoms with E-state index >= 15 is 0 Å². The Morgan fingerprint density at radius 2 is 1.11 bits per heavy atom. The Kier molecular flexibility index (Phi) is 9.99. The third-order valence-electron chi connectivity index (χ3n) is 10.3. The fourth-order valence-electron chi connectivity index (χ4n) is 7.39. The number of rotatable bonds is 3. The Hall–Kier alpha value is -5.97. The van der Waals surface area contributed by atoms with Crippen LogP contribution >= 0.6 is 12.6 Å². The van der Waals surface area contributed by atoms with Gasteiger partial charge in [-0.3, -0.25) is 0 Å². The topological polar surface area (TPSA) is 64.1 Å². The fraction of sp³-hybridized carbons (Fsp3) is 0.102. The van der Waals surface area contributed by atoms with Gasteiger partial charge in [0, 0.05) is 21.7 Å². The van der Waals surface area contributed by atoms with Crippen molar-refractivity contribution in [3.05, 3.63) is 186 Å². The van der Waals surface area contributed by atoms with Gasteiger partial charge in [-0.05, 0) is 123 Å². The van der Waals surface area contributed by atoms with Crippen molar-refractivity contribution in [3.8, 4) is 22.3 Å². The molecule has 8 aromatic carbocycles. The van der Waals surface area contributed by atoms with Gasteiger partial charge in [0.1, 0.15) is 0 Å². The molecule has 4 heteroatoms. The van der Waals surface area contributed by atoms with E-state index in [2.05, 4.69) is 131 Å². The first-order valence-electron chi connectivity index (χ1n) is 18.0. The minimum atomic E-state index is 0.00418. The Labute approximate surface area is 318 Å². The molecule has 0 spiro atoms. The lowest BCUT2D eigenvalue weighted by Gasteiger charge is -2.23. The zero-order valence-electron chi connectivity index (χ0n) is 30.7. The first-order chi connectivity index (χ1) is 25.6. The van der Waals surface area contributed by atoms with Gasteiger partial charge in [-0.15, -0.1) is 12.6 Å². The van der Waals surface area contributed by atoms with Crippen LogP contribution in [0.3, 0.4) is 0 Å². The summed E-state index contributed by atoms with van der Waals surface area (Å²) in [6.07, 6.45) is 0. The molecule has 9 rings (SSSR count). The first kappa shape index (κ1) is 35.4. The van der Waals surface area contributed by atoms with E-state index in [1.54, 1.807) is 0 Å². The van der Waals surface area contributed by atoms with Gasteiger partial charge in [0.2, 0.25) is 0 Å².